The van der Waals surface area contributed by atoms with E-state index in [1.54, 1.807) is 11.3 Å². The summed E-state index contributed by atoms with van der Waals surface area (Å²) >= 11 is 3.61. The van der Waals surface area contributed by atoms with Gasteiger partial charge in [0.05, 0.1) is 24.2 Å². The number of morpholine rings is 1. The van der Waals surface area contributed by atoms with E-state index in [0.717, 1.165) is 80.6 Å². The van der Waals surface area contributed by atoms with Crippen LogP contribution in [0.25, 0.3) is 21.6 Å². The SMILES string of the molecule is CSN1CCN(Cc2cc3c(N4CCOCC4)nc(-c4cnc(N(C)C)nc4)nc3s2)CC1. The third kappa shape index (κ3) is 5.07. The molecule has 0 saturated carbocycles. The van der Waals surface area contributed by atoms with Crippen LogP contribution in [0.3, 0.4) is 0 Å². The number of ether oxygens (including phenoxy) is 1. The van der Waals surface area contributed by atoms with Gasteiger partial charge in [-0.3, -0.25) is 4.90 Å². The van der Waals surface area contributed by atoms with Crippen LogP contribution >= 0.6 is 23.3 Å². The highest BCUT2D eigenvalue weighted by Gasteiger charge is 2.22. The molecule has 2 aliphatic heterocycles. The summed E-state index contributed by atoms with van der Waals surface area (Å²) in [7, 11) is 3.87. The first-order valence-electron chi connectivity index (χ1n) is 11.2. The molecule has 0 unspecified atom stereocenters. The number of fused-ring (bicyclic) bond motifs is 1. The fourth-order valence-corrected chi connectivity index (χ4v) is 5.73. The van der Waals surface area contributed by atoms with E-state index in [9.17, 15) is 0 Å². The molecule has 0 bridgehead atoms. The highest BCUT2D eigenvalue weighted by Crippen LogP contribution is 2.34. The molecule has 5 heterocycles. The Morgan fingerprint density at radius 3 is 2.42 bits per heavy atom. The van der Waals surface area contributed by atoms with Crippen LogP contribution in [0.15, 0.2) is 18.5 Å². The second-order valence-electron chi connectivity index (χ2n) is 8.46. The van der Waals surface area contributed by atoms with Crippen molar-refractivity contribution in [2.24, 2.45) is 0 Å². The molecule has 3 aromatic rings. The molecule has 0 N–H and O–H groups in total. The quantitative estimate of drug-likeness (QED) is 0.485. The summed E-state index contributed by atoms with van der Waals surface area (Å²) in [6.07, 6.45) is 5.78. The predicted octanol–water partition coefficient (Wildman–Crippen LogP) is 2.45. The van der Waals surface area contributed by atoms with Crippen LogP contribution in [0.1, 0.15) is 4.88 Å². The number of hydrogen-bond acceptors (Lipinski definition) is 11. The monoisotopic (exact) mass is 486 g/mol. The molecule has 176 valence electrons. The third-order valence-corrected chi connectivity index (χ3v) is 7.89. The van der Waals surface area contributed by atoms with Gasteiger partial charge in [-0.25, -0.2) is 24.2 Å². The van der Waals surface area contributed by atoms with Gasteiger partial charge in [0.25, 0.3) is 0 Å². The lowest BCUT2D eigenvalue weighted by molar-refractivity contribution is 0.122. The molecule has 3 aromatic heterocycles. The molecule has 11 heteroatoms. The van der Waals surface area contributed by atoms with Crippen molar-refractivity contribution in [3.05, 3.63) is 23.3 Å². The molecule has 0 amide bonds. The molecular formula is C22H30N8OS2. The number of hydrogen-bond donors (Lipinski definition) is 0. The standard InChI is InChI=1S/C22H30N8OS2/c1-27(2)22-23-13-16(14-24-22)19-25-20(29-8-10-31-11-9-29)18-12-17(33-21(18)26-19)15-28-4-6-30(32-3)7-5-28/h12-14H,4-11,15H2,1-3H3. The van der Waals surface area contributed by atoms with Gasteiger partial charge < -0.3 is 14.5 Å². The van der Waals surface area contributed by atoms with E-state index >= 15 is 0 Å². The van der Waals surface area contributed by atoms with Crippen molar-refractivity contribution in [1.29, 1.82) is 0 Å². The van der Waals surface area contributed by atoms with E-state index in [4.69, 9.17) is 14.7 Å². The molecule has 2 aliphatic rings. The normalized spacial score (nSPS) is 18.2. The number of aromatic nitrogens is 4. The Balaban J connectivity index is 1.47. The van der Waals surface area contributed by atoms with E-state index in [2.05, 4.69) is 36.4 Å². The Bertz CT molecular complexity index is 1080. The van der Waals surface area contributed by atoms with Crippen LogP contribution in [0, 0.1) is 0 Å². The van der Waals surface area contributed by atoms with Crippen LogP contribution in [0.5, 0.6) is 0 Å². The van der Waals surface area contributed by atoms with Crippen molar-refractivity contribution in [2.75, 3.05) is 82.6 Å². The maximum atomic E-state index is 5.59. The van der Waals surface area contributed by atoms with Gasteiger partial charge in [0, 0.05) is 77.2 Å². The van der Waals surface area contributed by atoms with Gasteiger partial charge in [0.15, 0.2) is 5.82 Å². The second kappa shape index (κ2) is 10.1. The minimum Gasteiger partial charge on any atom is -0.378 e. The maximum absolute atomic E-state index is 5.59. The summed E-state index contributed by atoms with van der Waals surface area (Å²) in [4.78, 5) is 28.0. The predicted molar refractivity (Wildman–Crippen MR) is 136 cm³/mol. The van der Waals surface area contributed by atoms with Crippen molar-refractivity contribution in [1.82, 2.24) is 29.1 Å². The Labute approximate surface area is 202 Å². The number of piperazine rings is 1. The van der Waals surface area contributed by atoms with Crippen molar-refractivity contribution in [3.8, 4) is 11.4 Å². The van der Waals surface area contributed by atoms with E-state index in [0.29, 0.717) is 11.8 Å². The zero-order valence-corrected chi connectivity index (χ0v) is 21.0. The molecule has 33 heavy (non-hydrogen) atoms. The lowest BCUT2D eigenvalue weighted by atomic mass is 10.2. The van der Waals surface area contributed by atoms with Crippen LogP contribution in [-0.2, 0) is 11.3 Å². The number of rotatable bonds is 6. The molecule has 5 rings (SSSR count). The third-order valence-electron chi connectivity index (χ3n) is 6.00. The Hall–Kier alpha value is -2.05. The average Bonchev–Trinajstić information content (AvgIpc) is 3.27. The molecular weight excluding hydrogens is 456 g/mol. The van der Waals surface area contributed by atoms with Gasteiger partial charge in [-0.15, -0.1) is 11.3 Å². The molecule has 0 aromatic carbocycles. The number of nitrogens with zero attached hydrogens (tertiary/aromatic N) is 8. The zero-order chi connectivity index (χ0) is 22.8. The van der Waals surface area contributed by atoms with Gasteiger partial charge in [-0.2, -0.15) is 0 Å². The van der Waals surface area contributed by atoms with Crippen molar-refractivity contribution < 1.29 is 4.74 Å². The van der Waals surface area contributed by atoms with E-state index < -0.39 is 0 Å². The van der Waals surface area contributed by atoms with Crippen LogP contribution in [-0.4, -0.2) is 102 Å². The van der Waals surface area contributed by atoms with Gasteiger partial charge in [-0.05, 0) is 12.3 Å². The lowest BCUT2D eigenvalue weighted by Crippen LogP contribution is -2.42. The summed E-state index contributed by atoms with van der Waals surface area (Å²) in [6.45, 7) is 8.48. The molecule has 9 nitrogen and oxygen atoms in total. The van der Waals surface area contributed by atoms with Gasteiger partial charge in [0.1, 0.15) is 10.6 Å². The Morgan fingerprint density at radius 2 is 1.76 bits per heavy atom. The Morgan fingerprint density at radius 1 is 1.03 bits per heavy atom. The van der Waals surface area contributed by atoms with Crippen LogP contribution in [0.2, 0.25) is 0 Å². The summed E-state index contributed by atoms with van der Waals surface area (Å²) < 4.78 is 8.02. The van der Waals surface area contributed by atoms with Crippen molar-refractivity contribution in [3.63, 3.8) is 0 Å². The van der Waals surface area contributed by atoms with Crippen molar-refractivity contribution >= 4 is 45.3 Å². The first kappa shape index (κ1) is 22.7. The van der Waals surface area contributed by atoms with E-state index in [-0.39, 0.29) is 0 Å². The number of anilines is 2. The molecule has 2 saturated heterocycles. The molecule has 2 fully saturated rings. The second-order valence-corrected chi connectivity index (χ2v) is 10.5. The Kier molecular flexibility index (Phi) is 6.93. The highest BCUT2D eigenvalue weighted by molar-refractivity contribution is 7.96. The highest BCUT2D eigenvalue weighted by atomic mass is 32.2. The zero-order valence-electron chi connectivity index (χ0n) is 19.4. The minimum absolute atomic E-state index is 0.674. The minimum atomic E-state index is 0.674. The smallest absolute Gasteiger partial charge is 0.224 e. The average molecular weight is 487 g/mol. The molecule has 0 radical (unpaired) electrons. The largest absolute Gasteiger partial charge is 0.378 e. The fraction of sp³-hybridized carbons (Fsp3) is 0.545. The van der Waals surface area contributed by atoms with Crippen LogP contribution < -0.4 is 9.80 Å². The maximum Gasteiger partial charge on any atom is 0.224 e. The molecule has 0 spiro atoms. The first-order chi connectivity index (χ1) is 16.1. The van der Waals surface area contributed by atoms with E-state index in [1.807, 2.05) is 43.3 Å². The van der Waals surface area contributed by atoms with Gasteiger partial charge in [0.2, 0.25) is 5.95 Å². The summed E-state index contributed by atoms with van der Waals surface area (Å²) in [5, 5.41) is 1.13. The summed E-state index contributed by atoms with van der Waals surface area (Å²) in [6, 6.07) is 2.29. The van der Waals surface area contributed by atoms with Gasteiger partial charge in [-0.1, -0.05) is 11.9 Å². The lowest BCUT2D eigenvalue weighted by Gasteiger charge is -2.32. The van der Waals surface area contributed by atoms with Crippen LogP contribution in [0.4, 0.5) is 11.8 Å². The van der Waals surface area contributed by atoms with Gasteiger partial charge >= 0.3 is 0 Å². The summed E-state index contributed by atoms with van der Waals surface area (Å²) in [5.41, 5.74) is 0.833. The fourth-order valence-electron chi connectivity index (χ4n) is 4.14. The van der Waals surface area contributed by atoms with Crippen molar-refractivity contribution in [2.45, 2.75) is 6.54 Å². The molecule has 0 aliphatic carbocycles. The topological polar surface area (TPSA) is 73.8 Å². The summed E-state index contributed by atoms with van der Waals surface area (Å²) in [5.74, 6) is 2.34. The van der Waals surface area contributed by atoms with E-state index in [1.165, 1.54) is 4.88 Å². The number of thiophene rings is 1. The molecule has 0 atom stereocenters. The first-order valence-corrected chi connectivity index (χ1v) is 13.2.